The average Bonchev–Trinajstić information content (AvgIpc) is 3.67. The van der Waals surface area contributed by atoms with E-state index >= 15 is 0 Å². The van der Waals surface area contributed by atoms with Crippen LogP contribution >= 0.6 is 0 Å². The molecule has 1 aromatic heterocycles. The molecule has 0 saturated carbocycles. The van der Waals surface area contributed by atoms with Gasteiger partial charge in [0.25, 0.3) is 0 Å². The predicted molar refractivity (Wildman–Crippen MR) is 234 cm³/mol. The Morgan fingerprint density at radius 2 is 1.62 bits per heavy atom. The molecular weight excluding hydrogens is 667 g/mol. The van der Waals surface area contributed by atoms with Crippen molar-refractivity contribution in [2.75, 3.05) is 5.32 Å². The lowest BCUT2D eigenvalue weighted by atomic mass is 9.73. The molecule has 0 spiro atoms. The lowest BCUT2D eigenvalue weighted by Gasteiger charge is -2.31. The molecule has 6 aromatic rings. The van der Waals surface area contributed by atoms with Crippen LogP contribution in [0.3, 0.4) is 0 Å². The molecule has 5 aromatic carbocycles. The number of hydrogen-bond acceptors (Lipinski definition) is 2. The van der Waals surface area contributed by atoms with E-state index < -0.39 is 0 Å². The third kappa shape index (κ3) is 5.53. The Morgan fingerprint density at radius 1 is 0.836 bits per heavy atom. The van der Waals surface area contributed by atoms with Crippen molar-refractivity contribution < 1.29 is 4.42 Å². The van der Waals surface area contributed by atoms with E-state index in [-0.39, 0.29) is 5.41 Å². The van der Waals surface area contributed by atoms with E-state index in [4.69, 9.17) is 4.42 Å². The molecular formula is C53H47NO. The zero-order valence-corrected chi connectivity index (χ0v) is 32.2. The molecule has 1 N–H and O–H groups in total. The Bertz CT molecular complexity index is 2770. The number of aryl methyl sites for hydroxylation is 1. The molecule has 0 amide bonds. The number of fused-ring (bicyclic) bond motifs is 8. The fourth-order valence-electron chi connectivity index (χ4n) is 9.95. The first kappa shape index (κ1) is 33.7. The summed E-state index contributed by atoms with van der Waals surface area (Å²) >= 11 is 0. The normalized spacial score (nSPS) is 20.3. The van der Waals surface area contributed by atoms with Crippen LogP contribution in [0.25, 0.3) is 49.7 Å². The topological polar surface area (TPSA) is 25.2 Å². The van der Waals surface area contributed by atoms with Crippen molar-refractivity contribution in [3.05, 3.63) is 190 Å². The van der Waals surface area contributed by atoms with Crippen molar-refractivity contribution in [1.29, 1.82) is 0 Å². The minimum absolute atomic E-state index is 0.129. The van der Waals surface area contributed by atoms with Gasteiger partial charge >= 0.3 is 0 Å². The summed E-state index contributed by atoms with van der Waals surface area (Å²) in [4.78, 5) is 0. The van der Waals surface area contributed by atoms with Crippen molar-refractivity contribution in [2.24, 2.45) is 5.92 Å². The van der Waals surface area contributed by atoms with Gasteiger partial charge in [0.1, 0.15) is 11.3 Å². The first-order valence-corrected chi connectivity index (χ1v) is 20.0. The van der Waals surface area contributed by atoms with Crippen LogP contribution in [-0.2, 0) is 5.41 Å². The highest BCUT2D eigenvalue weighted by Gasteiger charge is 2.43. The summed E-state index contributed by atoms with van der Waals surface area (Å²) in [7, 11) is 0. The lowest BCUT2D eigenvalue weighted by Crippen LogP contribution is -2.21. The van der Waals surface area contributed by atoms with Gasteiger partial charge in [0.2, 0.25) is 0 Å². The minimum atomic E-state index is -0.129. The van der Waals surface area contributed by atoms with Gasteiger partial charge in [-0.15, -0.1) is 0 Å². The Balaban J connectivity index is 1.06. The van der Waals surface area contributed by atoms with Crippen LogP contribution in [0.1, 0.15) is 85.9 Å². The second-order valence-corrected chi connectivity index (χ2v) is 16.4. The summed E-state index contributed by atoms with van der Waals surface area (Å²) in [5.74, 6) is 1.75. The van der Waals surface area contributed by atoms with Crippen molar-refractivity contribution >= 4 is 55.4 Å². The molecule has 270 valence electrons. The van der Waals surface area contributed by atoms with Crippen LogP contribution in [0, 0.1) is 12.8 Å². The second kappa shape index (κ2) is 13.2. The highest BCUT2D eigenvalue weighted by Crippen LogP contribution is 2.57. The Labute approximate surface area is 324 Å². The maximum atomic E-state index is 7.15. The Kier molecular flexibility index (Phi) is 8.06. The van der Waals surface area contributed by atoms with Crippen molar-refractivity contribution in [3.63, 3.8) is 0 Å². The maximum Gasteiger partial charge on any atom is 0.143 e. The molecule has 2 heteroatoms. The van der Waals surface area contributed by atoms with E-state index in [0.29, 0.717) is 11.8 Å². The third-order valence-electron chi connectivity index (χ3n) is 12.8. The molecule has 1 heterocycles. The number of rotatable bonds is 6. The molecule has 55 heavy (non-hydrogen) atoms. The van der Waals surface area contributed by atoms with Gasteiger partial charge < -0.3 is 9.73 Å². The van der Waals surface area contributed by atoms with Gasteiger partial charge in [-0.1, -0.05) is 147 Å². The van der Waals surface area contributed by atoms with E-state index in [0.717, 1.165) is 42.7 Å². The molecule has 2 unspecified atom stereocenters. The number of furan rings is 1. The highest BCUT2D eigenvalue weighted by atomic mass is 16.3. The van der Waals surface area contributed by atoms with Gasteiger partial charge in [-0.2, -0.15) is 0 Å². The molecule has 0 saturated heterocycles. The van der Waals surface area contributed by atoms with E-state index in [1.807, 2.05) is 0 Å². The van der Waals surface area contributed by atoms with Crippen LogP contribution in [0.15, 0.2) is 161 Å². The number of allylic oxidation sites excluding steroid dienone is 13. The van der Waals surface area contributed by atoms with Gasteiger partial charge in [0.15, 0.2) is 0 Å². The number of nitrogens with one attached hydrogen (secondary N) is 1. The van der Waals surface area contributed by atoms with Crippen molar-refractivity contribution in [1.82, 2.24) is 0 Å². The summed E-state index contributed by atoms with van der Waals surface area (Å²) in [6.45, 7) is 9.35. The van der Waals surface area contributed by atoms with Gasteiger partial charge in [-0.25, -0.2) is 0 Å². The minimum Gasteiger partial charge on any atom is -0.456 e. The van der Waals surface area contributed by atoms with Gasteiger partial charge in [-0.3, -0.25) is 0 Å². The van der Waals surface area contributed by atoms with Crippen LogP contribution in [0.5, 0.6) is 0 Å². The zero-order valence-electron chi connectivity index (χ0n) is 32.2. The van der Waals surface area contributed by atoms with Crippen molar-refractivity contribution in [3.8, 4) is 0 Å². The molecule has 0 fully saturated rings. The van der Waals surface area contributed by atoms with E-state index in [9.17, 15) is 0 Å². The van der Waals surface area contributed by atoms with Gasteiger partial charge in [0, 0.05) is 50.5 Å². The van der Waals surface area contributed by atoms with Crippen LogP contribution in [0.4, 0.5) is 5.69 Å². The lowest BCUT2D eigenvalue weighted by molar-refractivity contribution is 0.577. The molecule has 10 rings (SSSR count). The van der Waals surface area contributed by atoms with E-state index in [1.54, 1.807) is 0 Å². The molecule has 4 aliphatic rings. The fourth-order valence-corrected chi connectivity index (χ4v) is 9.95. The maximum absolute atomic E-state index is 7.15. The largest absolute Gasteiger partial charge is 0.456 e. The summed E-state index contributed by atoms with van der Waals surface area (Å²) in [6, 6.07) is 33.1. The van der Waals surface area contributed by atoms with Crippen LogP contribution in [-0.4, -0.2) is 0 Å². The summed E-state index contributed by atoms with van der Waals surface area (Å²) in [5.41, 5.74) is 15.3. The van der Waals surface area contributed by atoms with E-state index in [1.165, 1.54) is 82.7 Å². The third-order valence-corrected chi connectivity index (χ3v) is 12.8. The molecule has 0 bridgehead atoms. The van der Waals surface area contributed by atoms with E-state index in [2.05, 4.69) is 179 Å². The summed E-state index contributed by atoms with van der Waals surface area (Å²) < 4.78 is 7.15. The molecule has 0 radical (unpaired) electrons. The molecule has 4 aliphatic carbocycles. The monoisotopic (exact) mass is 713 g/mol. The first-order chi connectivity index (χ1) is 26.9. The molecule has 2 atom stereocenters. The Morgan fingerprint density at radius 3 is 2.40 bits per heavy atom. The highest BCUT2D eigenvalue weighted by molar-refractivity contribution is 6.17. The zero-order chi connectivity index (χ0) is 37.3. The number of hydrogen-bond donors (Lipinski definition) is 1. The number of benzene rings is 5. The summed E-state index contributed by atoms with van der Waals surface area (Å²) in [6.07, 6.45) is 25.2. The van der Waals surface area contributed by atoms with Gasteiger partial charge in [-0.05, 0) is 107 Å². The first-order valence-electron chi connectivity index (χ1n) is 20.0. The molecule has 2 nitrogen and oxygen atoms in total. The number of anilines is 1. The standard InChI is InChI=1S/C53H47NO/c1-33(41-23-13-17-38-18-14-24-46(49(38)41)54-40-19-9-6-10-20-40)31-47-34(2)48-42-21-11-12-22-43(42)51-50(52(48)55-47)44-30-29-39(32-45(44)53(51,3)4)37-27-25-36(26-28-37)35-15-7-5-8-16-35/h5-9,11-19,21-25,27-31,36,39,54H,10,20,26,32H2,1-4H3/b33-31+. The quantitative estimate of drug-likeness (QED) is 0.186. The van der Waals surface area contributed by atoms with Crippen LogP contribution in [0.2, 0.25) is 0 Å². The SMILES string of the molecule is C/C(=C\c1oc2c3c(c4ccccc4c2c1C)C(C)(C)C1=C3C=CC(C2=CCC(c3ccccc3)C=C2)C1)c1cccc2cccc(NC3=CC=CCC3)c12. The second-order valence-electron chi connectivity index (χ2n) is 16.4. The van der Waals surface area contributed by atoms with Gasteiger partial charge in [0.05, 0.1) is 0 Å². The average molecular weight is 714 g/mol. The fraction of sp³-hybridized carbons (Fsp3) is 0.208. The smallest absolute Gasteiger partial charge is 0.143 e. The Hall–Kier alpha value is -5.86. The van der Waals surface area contributed by atoms with Crippen LogP contribution < -0.4 is 5.32 Å². The van der Waals surface area contributed by atoms with Crippen molar-refractivity contribution in [2.45, 2.75) is 64.7 Å². The molecule has 0 aliphatic heterocycles. The summed E-state index contributed by atoms with van der Waals surface area (Å²) in [5, 5.41) is 10.1. The predicted octanol–water partition coefficient (Wildman–Crippen LogP) is 14.5.